The van der Waals surface area contributed by atoms with Crippen LogP contribution in [0.3, 0.4) is 0 Å². The van der Waals surface area contributed by atoms with Crippen LogP contribution in [0.5, 0.6) is 0 Å². The van der Waals surface area contributed by atoms with E-state index in [0.717, 1.165) is 18.2 Å². The third-order valence-corrected chi connectivity index (χ3v) is 2.83. The van der Waals surface area contributed by atoms with Gasteiger partial charge in [-0.3, -0.25) is 4.79 Å². The van der Waals surface area contributed by atoms with Crippen LogP contribution in [-0.4, -0.2) is 0 Å². The molecule has 0 atom stereocenters. The summed E-state index contributed by atoms with van der Waals surface area (Å²) < 4.78 is 32.3. The molecular formula is C15H8F2O2. The van der Waals surface area contributed by atoms with Gasteiger partial charge in [0.15, 0.2) is 5.43 Å². The molecule has 0 radical (unpaired) electrons. The lowest BCUT2D eigenvalue weighted by molar-refractivity contribution is 0.581. The standard InChI is InChI=1S/C15H8F2O2/c16-9-5-6-12(17)11(7-9)15-8-13(18)10-3-1-2-4-14(10)19-15/h1-8H. The summed E-state index contributed by atoms with van der Waals surface area (Å²) >= 11 is 0. The molecule has 19 heavy (non-hydrogen) atoms. The maximum Gasteiger partial charge on any atom is 0.193 e. The average molecular weight is 258 g/mol. The van der Waals surface area contributed by atoms with E-state index in [1.54, 1.807) is 24.3 Å². The van der Waals surface area contributed by atoms with Gasteiger partial charge in [0.25, 0.3) is 0 Å². The normalized spacial score (nSPS) is 10.8. The molecule has 0 amide bonds. The minimum atomic E-state index is -0.639. The van der Waals surface area contributed by atoms with Crippen LogP contribution in [0.1, 0.15) is 0 Å². The number of para-hydroxylation sites is 1. The first-order valence-corrected chi connectivity index (χ1v) is 5.63. The molecule has 0 bridgehead atoms. The Balaban J connectivity index is 2.31. The average Bonchev–Trinajstić information content (AvgIpc) is 2.41. The van der Waals surface area contributed by atoms with E-state index in [4.69, 9.17) is 4.42 Å². The first-order chi connectivity index (χ1) is 9.15. The van der Waals surface area contributed by atoms with E-state index in [-0.39, 0.29) is 16.8 Å². The summed E-state index contributed by atoms with van der Waals surface area (Å²) in [6.45, 7) is 0. The second-order valence-corrected chi connectivity index (χ2v) is 4.10. The fourth-order valence-corrected chi connectivity index (χ4v) is 1.92. The van der Waals surface area contributed by atoms with E-state index in [2.05, 4.69) is 0 Å². The molecule has 0 aliphatic carbocycles. The molecule has 2 aromatic carbocycles. The molecule has 0 N–H and O–H groups in total. The fourth-order valence-electron chi connectivity index (χ4n) is 1.92. The highest BCUT2D eigenvalue weighted by atomic mass is 19.1. The Morgan fingerprint density at radius 1 is 0.947 bits per heavy atom. The van der Waals surface area contributed by atoms with Gasteiger partial charge >= 0.3 is 0 Å². The lowest BCUT2D eigenvalue weighted by Crippen LogP contribution is -2.00. The van der Waals surface area contributed by atoms with Gasteiger partial charge in [-0.15, -0.1) is 0 Å². The van der Waals surface area contributed by atoms with Crippen LogP contribution in [-0.2, 0) is 0 Å². The summed E-state index contributed by atoms with van der Waals surface area (Å²) in [4.78, 5) is 11.9. The number of benzene rings is 2. The second kappa shape index (κ2) is 4.31. The lowest BCUT2D eigenvalue weighted by Gasteiger charge is -2.04. The zero-order chi connectivity index (χ0) is 13.4. The largest absolute Gasteiger partial charge is 0.456 e. The number of fused-ring (bicyclic) bond motifs is 1. The van der Waals surface area contributed by atoms with Crippen molar-refractivity contribution in [1.29, 1.82) is 0 Å². The molecule has 4 heteroatoms. The van der Waals surface area contributed by atoms with Gasteiger partial charge in [0.05, 0.1) is 10.9 Å². The van der Waals surface area contributed by atoms with Gasteiger partial charge in [0.1, 0.15) is 23.0 Å². The van der Waals surface area contributed by atoms with Crippen LogP contribution in [0.2, 0.25) is 0 Å². The van der Waals surface area contributed by atoms with Gasteiger partial charge in [0.2, 0.25) is 0 Å². The van der Waals surface area contributed by atoms with Crippen molar-refractivity contribution < 1.29 is 13.2 Å². The highest BCUT2D eigenvalue weighted by Gasteiger charge is 2.11. The zero-order valence-electron chi connectivity index (χ0n) is 9.69. The number of halogens is 2. The minimum Gasteiger partial charge on any atom is -0.456 e. The Kier molecular flexibility index (Phi) is 2.63. The molecule has 0 spiro atoms. The molecule has 1 heterocycles. The summed E-state index contributed by atoms with van der Waals surface area (Å²) in [5.41, 5.74) is -0.0166. The SMILES string of the molecule is O=c1cc(-c2cc(F)ccc2F)oc2ccccc12. The highest BCUT2D eigenvalue weighted by molar-refractivity contribution is 5.78. The molecule has 0 saturated carbocycles. The van der Waals surface area contributed by atoms with Crippen molar-refractivity contribution >= 4 is 11.0 Å². The Bertz CT molecular complexity index is 822. The summed E-state index contributed by atoms with van der Waals surface area (Å²) in [6.07, 6.45) is 0. The molecule has 0 aliphatic heterocycles. The Morgan fingerprint density at radius 2 is 1.74 bits per heavy atom. The molecule has 0 unspecified atom stereocenters. The number of hydrogen-bond acceptors (Lipinski definition) is 2. The summed E-state index contributed by atoms with van der Waals surface area (Å²) in [5.74, 6) is -1.22. The Morgan fingerprint density at radius 3 is 2.58 bits per heavy atom. The van der Waals surface area contributed by atoms with Gasteiger partial charge in [-0.1, -0.05) is 12.1 Å². The van der Waals surface area contributed by atoms with Crippen molar-refractivity contribution in [1.82, 2.24) is 0 Å². The Labute approximate surface area is 106 Å². The van der Waals surface area contributed by atoms with E-state index >= 15 is 0 Å². The monoisotopic (exact) mass is 258 g/mol. The van der Waals surface area contributed by atoms with Crippen molar-refractivity contribution in [3.05, 3.63) is 70.4 Å². The predicted molar refractivity (Wildman–Crippen MR) is 67.8 cm³/mol. The molecule has 0 fully saturated rings. The first-order valence-electron chi connectivity index (χ1n) is 5.63. The third-order valence-electron chi connectivity index (χ3n) is 2.83. The van der Waals surface area contributed by atoms with Crippen LogP contribution in [0, 0.1) is 11.6 Å². The fraction of sp³-hybridized carbons (Fsp3) is 0. The van der Waals surface area contributed by atoms with E-state index in [0.29, 0.717) is 11.0 Å². The van der Waals surface area contributed by atoms with Crippen LogP contribution >= 0.6 is 0 Å². The number of rotatable bonds is 1. The maximum atomic E-state index is 13.7. The van der Waals surface area contributed by atoms with E-state index in [9.17, 15) is 13.6 Å². The smallest absolute Gasteiger partial charge is 0.193 e. The molecule has 94 valence electrons. The van der Waals surface area contributed by atoms with E-state index in [1.165, 1.54) is 6.07 Å². The van der Waals surface area contributed by atoms with Gasteiger partial charge in [-0.2, -0.15) is 0 Å². The van der Waals surface area contributed by atoms with Crippen LogP contribution in [0.4, 0.5) is 8.78 Å². The highest BCUT2D eigenvalue weighted by Crippen LogP contribution is 2.25. The molecule has 3 rings (SSSR count). The Hall–Kier alpha value is -2.49. The van der Waals surface area contributed by atoms with Crippen molar-refractivity contribution in [2.45, 2.75) is 0 Å². The van der Waals surface area contributed by atoms with Crippen molar-refractivity contribution in [3.8, 4) is 11.3 Å². The van der Waals surface area contributed by atoms with E-state index in [1.807, 2.05) is 0 Å². The summed E-state index contributed by atoms with van der Waals surface area (Å²) in [7, 11) is 0. The van der Waals surface area contributed by atoms with Crippen molar-refractivity contribution in [2.24, 2.45) is 0 Å². The second-order valence-electron chi connectivity index (χ2n) is 4.10. The molecular weight excluding hydrogens is 250 g/mol. The van der Waals surface area contributed by atoms with Crippen molar-refractivity contribution in [3.63, 3.8) is 0 Å². The minimum absolute atomic E-state index is 0.0145. The topological polar surface area (TPSA) is 30.2 Å². The van der Waals surface area contributed by atoms with Crippen LogP contribution < -0.4 is 5.43 Å². The molecule has 1 aromatic heterocycles. The van der Waals surface area contributed by atoms with Gasteiger partial charge < -0.3 is 4.42 Å². The van der Waals surface area contributed by atoms with Gasteiger partial charge in [-0.25, -0.2) is 8.78 Å². The van der Waals surface area contributed by atoms with Gasteiger partial charge in [0, 0.05) is 6.07 Å². The molecule has 3 aromatic rings. The van der Waals surface area contributed by atoms with Crippen LogP contribution in [0.15, 0.2) is 57.7 Å². The molecule has 0 aliphatic rings. The predicted octanol–water partition coefficient (Wildman–Crippen LogP) is 3.74. The number of hydrogen-bond donors (Lipinski definition) is 0. The third kappa shape index (κ3) is 2.01. The molecule has 2 nitrogen and oxygen atoms in total. The molecule has 0 saturated heterocycles. The van der Waals surface area contributed by atoms with E-state index < -0.39 is 11.6 Å². The quantitative estimate of drug-likeness (QED) is 0.665. The maximum absolute atomic E-state index is 13.7. The van der Waals surface area contributed by atoms with Gasteiger partial charge in [-0.05, 0) is 30.3 Å². The zero-order valence-corrected chi connectivity index (χ0v) is 9.69. The lowest BCUT2D eigenvalue weighted by atomic mass is 10.1. The van der Waals surface area contributed by atoms with Crippen molar-refractivity contribution in [2.75, 3.05) is 0 Å². The summed E-state index contributed by atoms with van der Waals surface area (Å²) in [6, 6.07) is 10.8. The first kappa shape index (κ1) is 11.6. The summed E-state index contributed by atoms with van der Waals surface area (Å²) in [5, 5.41) is 0.406. The van der Waals surface area contributed by atoms with Crippen LogP contribution in [0.25, 0.3) is 22.3 Å².